The Balaban J connectivity index is 2.43. The predicted octanol–water partition coefficient (Wildman–Crippen LogP) is 9.35. The first-order valence-electron chi connectivity index (χ1n) is 8.67. The lowest BCUT2D eigenvalue weighted by atomic mass is 9.97. The number of hydrogen-bond donors (Lipinski definition) is 0. The SMILES string of the molecule is FC(F)(F)/C(=C/c1cc(C(F)(F)F)ccc1Br)c1c(C(F)(F)F)oc2ccc(C(F)(F)F)cc12. The van der Waals surface area contributed by atoms with Crippen LogP contribution < -0.4 is 0 Å². The normalized spacial score (nSPS) is 14.2. The summed E-state index contributed by atoms with van der Waals surface area (Å²) in [7, 11) is 0. The average molecular weight is 571 g/mol. The van der Waals surface area contributed by atoms with Crippen molar-refractivity contribution >= 4 is 38.5 Å². The molecule has 0 spiro atoms. The Morgan fingerprint density at radius 1 is 0.706 bits per heavy atom. The van der Waals surface area contributed by atoms with Gasteiger partial charge in [-0.05, 0) is 48.0 Å². The largest absolute Gasteiger partial charge is 0.451 e. The van der Waals surface area contributed by atoms with Gasteiger partial charge < -0.3 is 4.42 Å². The molecule has 0 aliphatic carbocycles. The maximum atomic E-state index is 13.9. The van der Waals surface area contributed by atoms with E-state index >= 15 is 0 Å². The highest BCUT2D eigenvalue weighted by molar-refractivity contribution is 9.10. The van der Waals surface area contributed by atoms with E-state index in [-0.39, 0.29) is 22.7 Å². The van der Waals surface area contributed by atoms with Gasteiger partial charge in [-0.3, -0.25) is 0 Å². The Kier molecular flexibility index (Phi) is 6.29. The second kappa shape index (κ2) is 8.24. The zero-order valence-corrected chi connectivity index (χ0v) is 17.4. The van der Waals surface area contributed by atoms with Gasteiger partial charge in [-0.15, -0.1) is 0 Å². The standard InChI is InChI=1S/C20H7BrF12O/c21-13-3-1-9(17(22,23)24)5-8(13)6-12(19(28,29)30)15-11-7-10(18(25,26)27)2-4-14(11)34-16(15)20(31,32)33/h1-7H/b12-6+. The molecule has 0 unspecified atom stereocenters. The van der Waals surface area contributed by atoms with Crippen molar-refractivity contribution in [1.29, 1.82) is 0 Å². The first-order valence-corrected chi connectivity index (χ1v) is 9.46. The Bertz CT molecular complexity index is 1260. The zero-order chi connectivity index (χ0) is 25.9. The van der Waals surface area contributed by atoms with Gasteiger partial charge in [0, 0.05) is 15.4 Å². The van der Waals surface area contributed by atoms with Crippen molar-refractivity contribution in [3.8, 4) is 0 Å². The van der Waals surface area contributed by atoms with Gasteiger partial charge in [0.15, 0.2) is 0 Å². The summed E-state index contributed by atoms with van der Waals surface area (Å²) < 4.78 is 165. The molecule has 184 valence electrons. The monoisotopic (exact) mass is 570 g/mol. The molecule has 0 saturated heterocycles. The number of halogens is 13. The molecular weight excluding hydrogens is 564 g/mol. The molecule has 0 N–H and O–H groups in total. The van der Waals surface area contributed by atoms with Gasteiger partial charge in [-0.1, -0.05) is 15.9 Å². The van der Waals surface area contributed by atoms with Crippen LogP contribution in [0.2, 0.25) is 0 Å². The predicted molar refractivity (Wildman–Crippen MR) is 99.3 cm³/mol. The van der Waals surface area contributed by atoms with Gasteiger partial charge in [0.25, 0.3) is 0 Å². The Labute approximate surface area is 189 Å². The van der Waals surface area contributed by atoms with Crippen LogP contribution in [0.25, 0.3) is 22.6 Å². The van der Waals surface area contributed by atoms with Gasteiger partial charge in [0.2, 0.25) is 5.76 Å². The third-order valence-electron chi connectivity index (χ3n) is 4.47. The number of allylic oxidation sites excluding steroid dienone is 1. The van der Waals surface area contributed by atoms with E-state index in [1.54, 1.807) is 0 Å². The van der Waals surface area contributed by atoms with Crippen LogP contribution >= 0.6 is 15.9 Å². The number of furan rings is 1. The molecule has 2 aromatic carbocycles. The molecule has 14 heteroatoms. The van der Waals surface area contributed by atoms with Crippen LogP contribution in [0.3, 0.4) is 0 Å². The first kappa shape index (κ1) is 26.0. The highest BCUT2D eigenvalue weighted by Crippen LogP contribution is 2.48. The molecule has 1 aromatic heterocycles. The molecule has 0 amide bonds. The first-order chi connectivity index (χ1) is 15.3. The van der Waals surface area contributed by atoms with Crippen molar-refractivity contribution in [3.63, 3.8) is 0 Å². The fourth-order valence-corrected chi connectivity index (χ4v) is 3.38. The fraction of sp³-hybridized carbons (Fsp3) is 0.200. The van der Waals surface area contributed by atoms with Crippen LogP contribution in [0.5, 0.6) is 0 Å². The summed E-state index contributed by atoms with van der Waals surface area (Å²) in [4.78, 5) is 0. The van der Waals surface area contributed by atoms with Crippen molar-refractivity contribution in [2.45, 2.75) is 24.7 Å². The number of benzene rings is 2. The van der Waals surface area contributed by atoms with E-state index < -0.39 is 69.3 Å². The lowest BCUT2D eigenvalue weighted by Gasteiger charge is -2.15. The number of rotatable bonds is 2. The van der Waals surface area contributed by atoms with Crippen molar-refractivity contribution in [3.05, 3.63) is 68.9 Å². The van der Waals surface area contributed by atoms with E-state index in [4.69, 9.17) is 0 Å². The lowest BCUT2D eigenvalue weighted by molar-refractivity contribution is -0.152. The highest BCUT2D eigenvalue weighted by Gasteiger charge is 2.46. The van der Waals surface area contributed by atoms with Crippen molar-refractivity contribution in [1.82, 2.24) is 0 Å². The molecule has 3 rings (SSSR count). The zero-order valence-electron chi connectivity index (χ0n) is 15.9. The van der Waals surface area contributed by atoms with Gasteiger partial charge in [-0.25, -0.2) is 0 Å². The van der Waals surface area contributed by atoms with Crippen LogP contribution in [0.15, 0.2) is 45.3 Å². The lowest BCUT2D eigenvalue weighted by Crippen LogP contribution is -2.15. The van der Waals surface area contributed by atoms with Gasteiger partial charge in [0.1, 0.15) is 5.58 Å². The van der Waals surface area contributed by atoms with E-state index in [0.717, 1.165) is 6.07 Å². The molecule has 0 atom stereocenters. The molecule has 1 nitrogen and oxygen atoms in total. The molecular formula is C20H7BrF12O. The molecule has 34 heavy (non-hydrogen) atoms. The Morgan fingerprint density at radius 3 is 1.74 bits per heavy atom. The van der Waals surface area contributed by atoms with Crippen LogP contribution in [0.4, 0.5) is 52.7 Å². The molecule has 0 fully saturated rings. The van der Waals surface area contributed by atoms with Crippen LogP contribution in [-0.2, 0) is 18.5 Å². The maximum Gasteiger partial charge on any atom is 0.450 e. The molecule has 0 saturated carbocycles. The van der Waals surface area contributed by atoms with Crippen LogP contribution in [0, 0.1) is 0 Å². The number of hydrogen-bond acceptors (Lipinski definition) is 1. The summed E-state index contributed by atoms with van der Waals surface area (Å²) in [6.45, 7) is 0. The summed E-state index contributed by atoms with van der Waals surface area (Å²) in [5.41, 5.74) is -8.66. The van der Waals surface area contributed by atoms with Gasteiger partial charge in [0.05, 0.1) is 16.7 Å². The van der Waals surface area contributed by atoms with Gasteiger partial charge in [-0.2, -0.15) is 52.7 Å². The Hall–Kier alpha value is -2.64. The smallest absolute Gasteiger partial charge is 0.450 e. The van der Waals surface area contributed by atoms with E-state index in [9.17, 15) is 52.7 Å². The Morgan fingerprint density at radius 2 is 1.24 bits per heavy atom. The van der Waals surface area contributed by atoms with Crippen LogP contribution in [0.1, 0.15) is 28.0 Å². The van der Waals surface area contributed by atoms with Crippen molar-refractivity contribution in [2.24, 2.45) is 0 Å². The third-order valence-corrected chi connectivity index (χ3v) is 5.19. The summed E-state index contributed by atoms with van der Waals surface area (Å²) in [5, 5.41) is -1.17. The topological polar surface area (TPSA) is 13.1 Å². The molecule has 0 aliphatic heterocycles. The number of fused-ring (bicyclic) bond motifs is 1. The van der Waals surface area contributed by atoms with E-state index in [2.05, 4.69) is 20.3 Å². The molecule has 0 aliphatic rings. The minimum atomic E-state index is -5.64. The highest BCUT2D eigenvalue weighted by atomic mass is 79.9. The third kappa shape index (κ3) is 5.20. The summed E-state index contributed by atoms with van der Waals surface area (Å²) in [6, 6.07) is 2.26. The van der Waals surface area contributed by atoms with Gasteiger partial charge >= 0.3 is 24.7 Å². The quantitative estimate of drug-likeness (QED) is 0.280. The van der Waals surface area contributed by atoms with E-state index in [1.165, 1.54) is 0 Å². The minimum absolute atomic E-state index is 0.0287. The van der Waals surface area contributed by atoms with E-state index in [1.807, 2.05) is 0 Å². The molecule has 3 aromatic rings. The molecule has 0 bridgehead atoms. The van der Waals surface area contributed by atoms with Crippen molar-refractivity contribution < 1.29 is 57.1 Å². The minimum Gasteiger partial charge on any atom is -0.451 e. The summed E-state index contributed by atoms with van der Waals surface area (Å²) in [6.07, 6.45) is -21.4. The van der Waals surface area contributed by atoms with Crippen LogP contribution in [-0.4, -0.2) is 6.18 Å². The fourth-order valence-electron chi connectivity index (χ4n) is 3.02. The second-order valence-electron chi connectivity index (χ2n) is 6.80. The molecule has 0 radical (unpaired) electrons. The molecule has 1 heterocycles. The average Bonchev–Trinajstić information content (AvgIpc) is 3.03. The number of alkyl halides is 12. The maximum absolute atomic E-state index is 13.9. The van der Waals surface area contributed by atoms with E-state index in [0.29, 0.717) is 18.2 Å². The summed E-state index contributed by atoms with van der Waals surface area (Å²) in [5.74, 6) is -2.26. The van der Waals surface area contributed by atoms with Crippen molar-refractivity contribution in [2.75, 3.05) is 0 Å². The second-order valence-corrected chi connectivity index (χ2v) is 7.66. The summed E-state index contributed by atoms with van der Waals surface area (Å²) >= 11 is 2.73.